The lowest BCUT2D eigenvalue weighted by Gasteiger charge is -2.44. The number of nitrogens with zero attached hydrogens (tertiary/aromatic N) is 1. The molecule has 2 saturated heterocycles. The van der Waals surface area contributed by atoms with Gasteiger partial charge in [-0.25, -0.2) is 0 Å². The number of fused-ring (bicyclic) bond motifs is 1. The van der Waals surface area contributed by atoms with Crippen molar-refractivity contribution in [1.82, 2.24) is 10.2 Å². The van der Waals surface area contributed by atoms with Crippen LogP contribution in [0.1, 0.15) is 52.4 Å². The smallest absolute Gasteiger partial charge is 0.240 e. The van der Waals surface area contributed by atoms with Gasteiger partial charge in [0.15, 0.2) is 0 Å². The van der Waals surface area contributed by atoms with Crippen LogP contribution >= 0.6 is 11.8 Å². The standard InChI is InChI=1S/C16H28N2OS/c1-11-12(2)20-10-9-18(11)16(19)15-8-7-13-5-3-4-6-14(13)17-15/h11-15,17H,3-10H2,1-2H3. The lowest BCUT2D eigenvalue weighted by Crippen LogP contribution is -2.59. The fraction of sp³-hybridized carbons (Fsp3) is 0.938. The summed E-state index contributed by atoms with van der Waals surface area (Å²) in [5.74, 6) is 2.30. The number of nitrogens with one attached hydrogen (secondary N) is 1. The van der Waals surface area contributed by atoms with E-state index in [-0.39, 0.29) is 6.04 Å². The molecular formula is C16H28N2OS. The lowest BCUT2D eigenvalue weighted by atomic mass is 9.77. The second kappa shape index (κ2) is 6.27. The van der Waals surface area contributed by atoms with Gasteiger partial charge in [-0.1, -0.05) is 19.8 Å². The molecule has 0 spiro atoms. The first-order valence-corrected chi connectivity index (χ1v) is 9.40. The first-order valence-electron chi connectivity index (χ1n) is 8.35. The molecule has 1 amide bonds. The summed E-state index contributed by atoms with van der Waals surface area (Å²) in [6, 6.07) is 1.08. The maximum Gasteiger partial charge on any atom is 0.240 e. The normalized spacial score (nSPS) is 42.1. The van der Waals surface area contributed by atoms with E-state index in [4.69, 9.17) is 0 Å². The van der Waals surface area contributed by atoms with Crippen molar-refractivity contribution in [2.75, 3.05) is 12.3 Å². The van der Waals surface area contributed by atoms with Crippen molar-refractivity contribution >= 4 is 17.7 Å². The molecule has 5 atom stereocenters. The van der Waals surface area contributed by atoms with Gasteiger partial charge in [0.2, 0.25) is 5.91 Å². The summed E-state index contributed by atoms with van der Waals surface area (Å²) in [4.78, 5) is 15.0. The number of rotatable bonds is 1. The first kappa shape index (κ1) is 14.7. The van der Waals surface area contributed by atoms with Crippen molar-refractivity contribution in [2.24, 2.45) is 5.92 Å². The SMILES string of the molecule is CC1SCCN(C(=O)C2CCC3CCCCC3N2)C1C. The highest BCUT2D eigenvalue weighted by Crippen LogP contribution is 2.33. The van der Waals surface area contributed by atoms with Crippen LogP contribution < -0.4 is 5.32 Å². The minimum atomic E-state index is 0.0899. The van der Waals surface area contributed by atoms with Gasteiger partial charge in [-0.05, 0) is 38.5 Å². The van der Waals surface area contributed by atoms with E-state index in [1.165, 1.54) is 32.1 Å². The zero-order chi connectivity index (χ0) is 14.1. The average molecular weight is 296 g/mol. The van der Waals surface area contributed by atoms with Crippen LogP contribution in [-0.4, -0.2) is 46.5 Å². The second-order valence-corrected chi connectivity index (χ2v) is 8.28. The Hall–Kier alpha value is -0.220. The molecule has 0 aromatic rings. The van der Waals surface area contributed by atoms with Gasteiger partial charge in [0.25, 0.3) is 0 Å². The molecule has 2 heterocycles. The number of carbonyl (C=O) groups is 1. The molecule has 3 aliphatic rings. The van der Waals surface area contributed by atoms with E-state index in [0.29, 0.717) is 23.2 Å². The average Bonchev–Trinajstić information content (AvgIpc) is 2.49. The molecule has 4 heteroatoms. The quantitative estimate of drug-likeness (QED) is 0.807. The van der Waals surface area contributed by atoms with Crippen LogP contribution in [0, 0.1) is 5.92 Å². The summed E-state index contributed by atoms with van der Waals surface area (Å²) in [7, 11) is 0. The fourth-order valence-electron chi connectivity index (χ4n) is 4.13. The predicted octanol–water partition coefficient (Wildman–Crippen LogP) is 2.65. The number of hydrogen-bond donors (Lipinski definition) is 1. The number of piperidine rings is 1. The van der Waals surface area contributed by atoms with Gasteiger partial charge in [-0.15, -0.1) is 0 Å². The Balaban J connectivity index is 1.62. The summed E-state index contributed by atoms with van der Waals surface area (Å²) in [6.07, 6.45) is 7.66. The van der Waals surface area contributed by atoms with Crippen LogP contribution in [0.25, 0.3) is 0 Å². The van der Waals surface area contributed by atoms with Gasteiger partial charge < -0.3 is 10.2 Å². The number of carbonyl (C=O) groups excluding carboxylic acids is 1. The van der Waals surface area contributed by atoms with Crippen LogP contribution in [-0.2, 0) is 4.79 Å². The second-order valence-electron chi connectivity index (χ2n) is 6.80. The molecule has 5 unspecified atom stereocenters. The van der Waals surface area contributed by atoms with Gasteiger partial charge in [-0.2, -0.15) is 11.8 Å². The Bertz CT molecular complexity index is 362. The van der Waals surface area contributed by atoms with Crippen molar-refractivity contribution in [3.63, 3.8) is 0 Å². The zero-order valence-electron chi connectivity index (χ0n) is 12.8. The third-order valence-corrected chi connectivity index (χ3v) is 6.95. The molecule has 1 N–H and O–H groups in total. The summed E-state index contributed by atoms with van der Waals surface area (Å²) >= 11 is 2.00. The Morgan fingerprint density at radius 1 is 1.15 bits per heavy atom. The Kier molecular flexibility index (Phi) is 4.61. The van der Waals surface area contributed by atoms with E-state index in [1.54, 1.807) is 0 Å². The highest BCUT2D eigenvalue weighted by atomic mass is 32.2. The molecule has 1 saturated carbocycles. The van der Waals surface area contributed by atoms with Crippen molar-refractivity contribution in [2.45, 2.75) is 75.7 Å². The van der Waals surface area contributed by atoms with Crippen LogP contribution in [0.4, 0.5) is 0 Å². The highest BCUT2D eigenvalue weighted by molar-refractivity contribution is 8.00. The number of thioether (sulfide) groups is 1. The van der Waals surface area contributed by atoms with E-state index in [1.807, 2.05) is 11.8 Å². The molecule has 20 heavy (non-hydrogen) atoms. The monoisotopic (exact) mass is 296 g/mol. The maximum absolute atomic E-state index is 12.8. The third-order valence-electron chi connectivity index (χ3n) is 5.62. The summed E-state index contributed by atoms with van der Waals surface area (Å²) in [6.45, 7) is 5.39. The predicted molar refractivity (Wildman–Crippen MR) is 85.0 cm³/mol. The molecule has 1 aliphatic carbocycles. The van der Waals surface area contributed by atoms with Gasteiger partial charge in [0.1, 0.15) is 0 Å². The van der Waals surface area contributed by atoms with Crippen LogP contribution in [0.5, 0.6) is 0 Å². The molecule has 0 aromatic heterocycles. The molecule has 114 valence electrons. The minimum Gasteiger partial charge on any atom is -0.337 e. The fourth-order valence-corrected chi connectivity index (χ4v) is 5.23. The molecular weight excluding hydrogens is 268 g/mol. The lowest BCUT2D eigenvalue weighted by molar-refractivity contribution is -0.136. The van der Waals surface area contributed by atoms with Crippen molar-refractivity contribution in [1.29, 1.82) is 0 Å². The van der Waals surface area contributed by atoms with E-state index >= 15 is 0 Å². The topological polar surface area (TPSA) is 32.3 Å². The molecule has 0 aromatic carbocycles. The first-order chi connectivity index (χ1) is 9.66. The summed E-state index contributed by atoms with van der Waals surface area (Å²) in [5.41, 5.74) is 0. The van der Waals surface area contributed by atoms with E-state index in [2.05, 4.69) is 24.1 Å². The third kappa shape index (κ3) is 2.87. The number of amides is 1. The van der Waals surface area contributed by atoms with E-state index < -0.39 is 0 Å². The van der Waals surface area contributed by atoms with E-state index in [0.717, 1.165) is 24.6 Å². The largest absolute Gasteiger partial charge is 0.337 e. The summed E-state index contributed by atoms with van der Waals surface area (Å²) < 4.78 is 0. The number of hydrogen-bond acceptors (Lipinski definition) is 3. The maximum atomic E-state index is 12.8. The van der Waals surface area contributed by atoms with Crippen molar-refractivity contribution < 1.29 is 4.79 Å². The molecule has 3 nitrogen and oxygen atoms in total. The summed E-state index contributed by atoms with van der Waals surface area (Å²) in [5, 5.41) is 4.26. The highest BCUT2D eigenvalue weighted by Gasteiger charge is 2.38. The van der Waals surface area contributed by atoms with Crippen molar-refractivity contribution in [3.05, 3.63) is 0 Å². The van der Waals surface area contributed by atoms with Crippen LogP contribution in [0.2, 0.25) is 0 Å². The zero-order valence-corrected chi connectivity index (χ0v) is 13.6. The minimum absolute atomic E-state index is 0.0899. The molecule has 0 bridgehead atoms. The Morgan fingerprint density at radius 2 is 1.95 bits per heavy atom. The molecule has 2 aliphatic heterocycles. The van der Waals surface area contributed by atoms with Gasteiger partial charge in [-0.3, -0.25) is 4.79 Å². The molecule has 0 radical (unpaired) electrons. The van der Waals surface area contributed by atoms with Gasteiger partial charge in [0, 0.05) is 29.6 Å². The Morgan fingerprint density at radius 3 is 2.80 bits per heavy atom. The Labute approximate surface area is 127 Å². The molecule has 3 rings (SSSR count). The van der Waals surface area contributed by atoms with Gasteiger partial charge in [0.05, 0.1) is 6.04 Å². The molecule has 3 fully saturated rings. The van der Waals surface area contributed by atoms with Crippen LogP contribution in [0.15, 0.2) is 0 Å². The van der Waals surface area contributed by atoms with Gasteiger partial charge >= 0.3 is 0 Å². The van der Waals surface area contributed by atoms with E-state index in [9.17, 15) is 4.79 Å². The van der Waals surface area contributed by atoms with Crippen LogP contribution in [0.3, 0.4) is 0 Å². The van der Waals surface area contributed by atoms with Crippen molar-refractivity contribution in [3.8, 4) is 0 Å².